The molecular weight excluding hydrogens is 423 g/mol. The highest BCUT2D eigenvalue weighted by Gasteiger charge is 2.57. The third kappa shape index (κ3) is 3.45. The Morgan fingerprint density at radius 1 is 1.19 bits per heavy atom. The van der Waals surface area contributed by atoms with Gasteiger partial charge in [0.05, 0.1) is 23.4 Å². The molecule has 2 aliphatic rings. The Hall–Kier alpha value is -2.33. The van der Waals surface area contributed by atoms with E-state index in [-0.39, 0.29) is 6.54 Å². The van der Waals surface area contributed by atoms with Crippen LogP contribution in [0.15, 0.2) is 36.5 Å². The molecule has 2 unspecified atom stereocenters. The van der Waals surface area contributed by atoms with Gasteiger partial charge in [-0.1, -0.05) is 17.7 Å². The molecule has 1 amide bonds. The summed E-state index contributed by atoms with van der Waals surface area (Å²) < 4.78 is 18.6. The Labute approximate surface area is 185 Å². The highest BCUT2D eigenvalue weighted by Crippen LogP contribution is 2.49. The zero-order valence-corrected chi connectivity index (χ0v) is 18.4. The summed E-state index contributed by atoms with van der Waals surface area (Å²) in [5.74, 6) is 0.361. The van der Waals surface area contributed by atoms with Crippen molar-refractivity contribution in [3.8, 4) is 5.75 Å². The van der Waals surface area contributed by atoms with Gasteiger partial charge in [0, 0.05) is 22.2 Å². The number of carboxylic acid groups (broad SMARTS) is 1. The summed E-state index contributed by atoms with van der Waals surface area (Å²) in [7, 11) is -0.835. The maximum absolute atomic E-state index is 11.5. The number of halogens is 1. The van der Waals surface area contributed by atoms with Crippen molar-refractivity contribution >= 4 is 30.3 Å². The van der Waals surface area contributed by atoms with Gasteiger partial charge >= 0.3 is 13.2 Å². The fourth-order valence-electron chi connectivity index (χ4n) is 3.88. The minimum atomic E-state index is -1.48. The van der Waals surface area contributed by atoms with Gasteiger partial charge in [-0.25, -0.2) is 4.79 Å². The van der Waals surface area contributed by atoms with Crippen LogP contribution in [0.4, 0.5) is 4.79 Å². The second-order valence-electron chi connectivity index (χ2n) is 8.73. The first kappa shape index (κ1) is 21.9. The smallest absolute Gasteiger partial charge is 0.476 e. The highest BCUT2D eigenvalue weighted by molar-refractivity contribution is 6.66. The van der Waals surface area contributed by atoms with Crippen molar-refractivity contribution in [2.45, 2.75) is 50.6 Å². The molecule has 2 aromatic rings. The Morgan fingerprint density at radius 2 is 1.87 bits per heavy atom. The van der Waals surface area contributed by atoms with E-state index in [1.54, 1.807) is 36.5 Å². The molecule has 31 heavy (non-hydrogen) atoms. The molecule has 164 valence electrons. The molecule has 4 rings (SSSR count). The van der Waals surface area contributed by atoms with Crippen molar-refractivity contribution in [3.63, 3.8) is 0 Å². The number of benzene rings is 1. The maximum Gasteiger partial charge on any atom is 0.496 e. The van der Waals surface area contributed by atoms with Gasteiger partial charge in [0.25, 0.3) is 0 Å². The van der Waals surface area contributed by atoms with Gasteiger partial charge in [0.2, 0.25) is 0 Å². The van der Waals surface area contributed by atoms with E-state index in [0.717, 1.165) is 0 Å². The summed E-state index contributed by atoms with van der Waals surface area (Å²) in [5, 5.41) is 23.4. The van der Waals surface area contributed by atoms with Crippen molar-refractivity contribution in [2.75, 3.05) is 6.54 Å². The van der Waals surface area contributed by atoms with E-state index in [2.05, 4.69) is 10.3 Å². The number of nitrogens with zero attached hydrogens (tertiary/aromatic N) is 1. The molecule has 1 aromatic heterocycles. The molecule has 0 spiro atoms. The van der Waals surface area contributed by atoms with E-state index in [0.29, 0.717) is 27.5 Å². The van der Waals surface area contributed by atoms with Gasteiger partial charge in [-0.05, 0) is 52.0 Å². The van der Waals surface area contributed by atoms with Crippen molar-refractivity contribution in [1.82, 2.24) is 10.3 Å². The minimum absolute atomic E-state index is 0.227. The molecule has 2 aliphatic heterocycles. The van der Waals surface area contributed by atoms with Gasteiger partial charge in [0.15, 0.2) is 5.60 Å². The molecule has 0 radical (unpaired) electrons. The largest absolute Gasteiger partial charge is 0.496 e. The number of aliphatic hydroxyl groups is 1. The van der Waals surface area contributed by atoms with Crippen LogP contribution in [0.1, 0.15) is 45.1 Å². The van der Waals surface area contributed by atoms with Gasteiger partial charge in [-0.3, -0.25) is 4.98 Å². The lowest BCUT2D eigenvalue weighted by Gasteiger charge is -2.32. The fourth-order valence-corrected chi connectivity index (χ4v) is 4.14. The molecule has 1 aromatic carbocycles. The fraction of sp³-hybridized carbons (Fsp3) is 0.429. The number of pyridine rings is 1. The van der Waals surface area contributed by atoms with Crippen LogP contribution in [0, 0.1) is 0 Å². The second kappa shape index (κ2) is 7.37. The normalized spacial score (nSPS) is 25.7. The third-order valence-corrected chi connectivity index (χ3v) is 6.62. The lowest BCUT2D eigenvalue weighted by atomic mass is 9.73. The summed E-state index contributed by atoms with van der Waals surface area (Å²) in [4.78, 5) is 15.6. The predicted molar refractivity (Wildman–Crippen MR) is 115 cm³/mol. The van der Waals surface area contributed by atoms with Gasteiger partial charge in [-0.2, -0.15) is 0 Å². The first-order valence-electron chi connectivity index (χ1n) is 9.92. The van der Waals surface area contributed by atoms with E-state index in [4.69, 9.17) is 25.6 Å². The number of hydrogen-bond donors (Lipinski definition) is 3. The zero-order chi connectivity index (χ0) is 22.6. The van der Waals surface area contributed by atoms with Crippen molar-refractivity contribution in [1.29, 1.82) is 0 Å². The van der Waals surface area contributed by atoms with Gasteiger partial charge < -0.3 is 29.6 Å². The minimum Gasteiger partial charge on any atom is -0.476 e. The van der Waals surface area contributed by atoms with E-state index in [9.17, 15) is 15.0 Å². The summed E-state index contributed by atoms with van der Waals surface area (Å²) in [6.45, 7) is 7.46. The first-order valence-corrected chi connectivity index (χ1v) is 10.3. The molecule has 8 nitrogen and oxygen atoms in total. The Kier molecular flexibility index (Phi) is 5.21. The Balaban J connectivity index is 1.83. The Bertz CT molecular complexity index is 1000. The highest BCUT2D eigenvalue weighted by atomic mass is 35.5. The van der Waals surface area contributed by atoms with E-state index in [1.165, 1.54) is 0 Å². The molecule has 1 fully saturated rings. The second-order valence-corrected chi connectivity index (χ2v) is 9.14. The van der Waals surface area contributed by atoms with Crippen LogP contribution in [-0.4, -0.2) is 46.2 Å². The van der Waals surface area contributed by atoms with Crippen LogP contribution >= 0.6 is 11.6 Å². The monoisotopic (exact) mass is 446 g/mol. The molecular formula is C21H24BClN2O6. The number of hydrogen-bond acceptors (Lipinski definition) is 6. The summed E-state index contributed by atoms with van der Waals surface area (Å²) in [5.41, 5.74) is -1.48. The van der Waals surface area contributed by atoms with Crippen LogP contribution in [0.2, 0.25) is 5.02 Å². The number of nitrogens with one attached hydrogen (secondary N) is 1. The Morgan fingerprint density at radius 3 is 2.45 bits per heavy atom. The summed E-state index contributed by atoms with van der Waals surface area (Å²) in [6.07, 6.45) is -0.970. The van der Waals surface area contributed by atoms with Crippen LogP contribution < -0.4 is 15.5 Å². The zero-order valence-electron chi connectivity index (χ0n) is 17.7. The molecule has 10 heteroatoms. The molecule has 0 saturated carbocycles. The molecule has 3 heterocycles. The first-order chi connectivity index (χ1) is 14.5. The van der Waals surface area contributed by atoms with Crippen LogP contribution in [0.3, 0.4) is 0 Å². The molecule has 2 atom stereocenters. The maximum atomic E-state index is 11.5. The van der Waals surface area contributed by atoms with Crippen molar-refractivity contribution < 1.29 is 29.1 Å². The number of fused-ring (bicyclic) bond motifs is 1. The predicted octanol–water partition coefficient (Wildman–Crippen LogP) is 2.62. The molecule has 1 saturated heterocycles. The lowest BCUT2D eigenvalue weighted by molar-refractivity contribution is -0.0337. The van der Waals surface area contributed by atoms with Gasteiger partial charge in [0.1, 0.15) is 11.9 Å². The number of amides is 1. The topological polar surface area (TPSA) is 110 Å². The van der Waals surface area contributed by atoms with Crippen LogP contribution in [0.25, 0.3) is 0 Å². The molecule has 0 aliphatic carbocycles. The third-order valence-electron chi connectivity index (χ3n) is 6.29. The standard InChI is InChI=1S/C21H24BClN2O6/c1-19(2)20(3,4)31-22(30-19)16-12(23)8-9-13-15(16)17(26)21(29-13,11-25-18(27)28)14-7-5-6-10-24-14/h5-10,17,25-26H,11H2,1-4H3,(H,27,28). The van der Waals surface area contributed by atoms with Crippen molar-refractivity contribution in [2.24, 2.45) is 0 Å². The van der Waals surface area contributed by atoms with E-state index < -0.39 is 36.1 Å². The number of rotatable bonds is 4. The molecule has 3 N–H and O–H groups in total. The van der Waals surface area contributed by atoms with E-state index >= 15 is 0 Å². The number of carbonyl (C=O) groups is 1. The average Bonchev–Trinajstić information content (AvgIpc) is 3.11. The SMILES string of the molecule is CC1(C)OB(c2c(Cl)ccc3c2C(O)C(CNC(=O)O)(c2ccccn2)O3)OC1(C)C. The summed E-state index contributed by atoms with van der Waals surface area (Å²) >= 11 is 6.55. The van der Waals surface area contributed by atoms with Crippen LogP contribution in [0.5, 0.6) is 5.75 Å². The number of aliphatic hydroxyl groups excluding tert-OH is 1. The average molecular weight is 447 g/mol. The van der Waals surface area contributed by atoms with Crippen molar-refractivity contribution in [3.05, 3.63) is 52.8 Å². The quantitative estimate of drug-likeness (QED) is 0.619. The number of ether oxygens (including phenoxy) is 1. The summed E-state index contributed by atoms with van der Waals surface area (Å²) in [6, 6.07) is 8.43. The van der Waals surface area contributed by atoms with E-state index in [1.807, 2.05) is 27.7 Å². The van der Waals surface area contributed by atoms with Gasteiger partial charge in [-0.15, -0.1) is 0 Å². The molecule has 0 bridgehead atoms. The van der Waals surface area contributed by atoms with Crippen LogP contribution in [-0.2, 0) is 14.9 Å². The lowest BCUT2D eigenvalue weighted by Crippen LogP contribution is -2.47. The number of aromatic nitrogens is 1.